The second-order valence-electron chi connectivity index (χ2n) is 4.84. The van der Waals surface area contributed by atoms with Crippen molar-refractivity contribution in [2.75, 3.05) is 5.06 Å². The quantitative estimate of drug-likeness (QED) is 0.793. The maximum Gasteiger partial charge on any atom is 0.330 e. The zero-order chi connectivity index (χ0) is 15.4. The Labute approximate surface area is 123 Å². The lowest BCUT2D eigenvalue weighted by atomic mass is 10.1. The summed E-state index contributed by atoms with van der Waals surface area (Å²) in [6.07, 6.45) is 0. The molecule has 4 nitrogen and oxygen atoms in total. The molecule has 0 radical (unpaired) electrons. The minimum atomic E-state index is -0.542. The van der Waals surface area contributed by atoms with Crippen LogP contribution in [0.2, 0.25) is 0 Å². The van der Waals surface area contributed by atoms with Crippen LogP contribution in [0, 0.1) is 13.8 Å². The number of amides is 1. The van der Waals surface area contributed by atoms with Crippen molar-refractivity contribution < 1.29 is 14.4 Å². The molecule has 0 fully saturated rings. The van der Waals surface area contributed by atoms with E-state index in [1.807, 2.05) is 32.0 Å². The van der Waals surface area contributed by atoms with Crippen molar-refractivity contribution >= 4 is 17.6 Å². The Morgan fingerprint density at radius 2 is 1.67 bits per heavy atom. The fourth-order valence-corrected chi connectivity index (χ4v) is 2.06. The molecule has 0 saturated heterocycles. The van der Waals surface area contributed by atoms with E-state index in [1.54, 1.807) is 30.3 Å². The van der Waals surface area contributed by atoms with Gasteiger partial charge in [0.1, 0.15) is 0 Å². The van der Waals surface area contributed by atoms with Crippen LogP contribution in [0.4, 0.5) is 5.69 Å². The van der Waals surface area contributed by atoms with Crippen molar-refractivity contribution in [2.24, 2.45) is 0 Å². The Bertz CT molecular complexity index is 665. The van der Waals surface area contributed by atoms with E-state index in [4.69, 9.17) is 4.84 Å². The normalized spacial score (nSPS) is 10.0. The molecule has 0 atom stereocenters. The lowest BCUT2D eigenvalue weighted by molar-refractivity contribution is -0.141. The molecule has 4 heteroatoms. The van der Waals surface area contributed by atoms with E-state index >= 15 is 0 Å². The van der Waals surface area contributed by atoms with Crippen molar-refractivity contribution in [2.45, 2.75) is 20.8 Å². The summed E-state index contributed by atoms with van der Waals surface area (Å²) in [6, 6.07) is 14.3. The molecule has 2 rings (SSSR count). The van der Waals surface area contributed by atoms with E-state index in [1.165, 1.54) is 6.92 Å². The number of aryl methyl sites for hydroxylation is 2. The standard InChI is InChI=1S/C17H17NO3/c1-12-9-10-16(13(2)11-12)18(21-14(3)19)17(20)15-7-5-4-6-8-15/h4-11H,1-3H3. The first kappa shape index (κ1) is 14.8. The van der Waals surface area contributed by atoms with E-state index in [-0.39, 0.29) is 5.91 Å². The summed E-state index contributed by atoms with van der Waals surface area (Å²) in [5, 5.41) is 1.05. The third kappa shape index (κ3) is 3.48. The van der Waals surface area contributed by atoms with Gasteiger partial charge in [-0.15, -0.1) is 5.06 Å². The van der Waals surface area contributed by atoms with Crippen molar-refractivity contribution in [3.05, 3.63) is 65.2 Å². The molecule has 0 aliphatic carbocycles. The summed E-state index contributed by atoms with van der Waals surface area (Å²) in [6.45, 7) is 5.11. The lowest BCUT2D eigenvalue weighted by Gasteiger charge is -2.22. The molecule has 0 aliphatic heterocycles. The van der Waals surface area contributed by atoms with Gasteiger partial charge < -0.3 is 4.84 Å². The van der Waals surface area contributed by atoms with Crippen LogP contribution in [-0.2, 0) is 9.63 Å². The molecule has 0 aliphatic rings. The van der Waals surface area contributed by atoms with E-state index in [9.17, 15) is 9.59 Å². The maximum absolute atomic E-state index is 12.6. The van der Waals surface area contributed by atoms with Crippen LogP contribution in [0.3, 0.4) is 0 Å². The predicted octanol–water partition coefficient (Wildman–Crippen LogP) is 3.43. The molecule has 0 N–H and O–H groups in total. The summed E-state index contributed by atoms with van der Waals surface area (Å²) in [5.74, 6) is -0.919. The van der Waals surface area contributed by atoms with Crippen LogP contribution in [0.5, 0.6) is 0 Å². The molecule has 21 heavy (non-hydrogen) atoms. The Hall–Kier alpha value is -2.62. The Morgan fingerprint density at radius 1 is 1.00 bits per heavy atom. The summed E-state index contributed by atoms with van der Waals surface area (Å²) < 4.78 is 0. The number of carbonyl (C=O) groups is 2. The van der Waals surface area contributed by atoms with Crippen LogP contribution < -0.4 is 5.06 Å². The van der Waals surface area contributed by atoms with E-state index in [0.717, 1.165) is 16.2 Å². The second-order valence-corrected chi connectivity index (χ2v) is 4.84. The van der Waals surface area contributed by atoms with Crippen LogP contribution in [0.25, 0.3) is 0 Å². The van der Waals surface area contributed by atoms with Crippen LogP contribution in [-0.4, -0.2) is 11.9 Å². The van der Waals surface area contributed by atoms with Gasteiger partial charge in [0.15, 0.2) is 0 Å². The van der Waals surface area contributed by atoms with Gasteiger partial charge in [-0.2, -0.15) is 0 Å². The molecular formula is C17H17NO3. The first-order valence-corrected chi connectivity index (χ1v) is 6.64. The van der Waals surface area contributed by atoms with E-state index in [0.29, 0.717) is 11.3 Å². The van der Waals surface area contributed by atoms with E-state index < -0.39 is 5.97 Å². The summed E-state index contributed by atoms with van der Waals surface area (Å²) in [7, 11) is 0. The molecule has 108 valence electrons. The van der Waals surface area contributed by atoms with Gasteiger partial charge >= 0.3 is 5.97 Å². The van der Waals surface area contributed by atoms with Gasteiger partial charge in [0.25, 0.3) is 5.91 Å². The number of hydrogen-bond donors (Lipinski definition) is 0. The molecule has 0 spiro atoms. The minimum Gasteiger partial charge on any atom is -0.333 e. The van der Waals surface area contributed by atoms with Gasteiger partial charge in [-0.05, 0) is 37.6 Å². The first-order chi connectivity index (χ1) is 9.99. The summed E-state index contributed by atoms with van der Waals surface area (Å²) >= 11 is 0. The largest absolute Gasteiger partial charge is 0.333 e. The number of hydroxylamine groups is 1. The van der Waals surface area contributed by atoms with Crippen molar-refractivity contribution in [3.63, 3.8) is 0 Å². The smallest absolute Gasteiger partial charge is 0.330 e. The molecule has 0 heterocycles. The second kappa shape index (κ2) is 6.22. The number of anilines is 1. The Morgan fingerprint density at radius 3 is 2.24 bits per heavy atom. The predicted molar refractivity (Wildman–Crippen MR) is 80.9 cm³/mol. The molecule has 0 bridgehead atoms. The van der Waals surface area contributed by atoms with Gasteiger partial charge in [0.05, 0.1) is 5.69 Å². The minimum absolute atomic E-state index is 0.377. The molecule has 0 aromatic heterocycles. The fraction of sp³-hybridized carbons (Fsp3) is 0.176. The molecule has 0 saturated carbocycles. The number of benzene rings is 2. The molecule has 0 unspecified atom stereocenters. The van der Waals surface area contributed by atoms with Crippen molar-refractivity contribution in [1.29, 1.82) is 0 Å². The van der Waals surface area contributed by atoms with Gasteiger partial charge in [-0.25, -0.2) is 4.79 Å². The number of hydrogen-bond acceptors (Lipinski definition) is 3. The third-order valence-corrected chi connectivity index (χ3v) is 3.00. The maximum atomic E-state index is 12.6. The number of carbonyl (C=O) groups excluding carboxylic acids is 2. The molecular weight excluding hydrogens is 266 g/mol. The Balaban J connectivity index is 2.43. The highest BCUT2D eigenvalue weighted by Gasteiger charge is 2.22. The fourth-order valence-electron chi connectivity index (χ4n) is 2.06. The van der Waals surface area contributed by atoms with Crippen molar-refractivity contribution in [1.82, 2.24) is 0 Å². The monoisotopic (exact) mass is 283 g/mol. The van der Waals surface area contributed by atoms with Crippen LogP contribution in [0.15, 0.2) is 48.5 Å². The van der Waals surface area contributed by atoms with Crippen molar-refractivity contribution in [3.8, 4) is 0 Å². The lowest BCUT2D eigenvalue weighted by Crippen LogP contribution is -2.33. The van der Waals surface area contributed by atoms with Gasteiger partial charge in [0, 0.05) is 12.5 Å². The third-order valence-electron chi connectivity index (χ3n) is 3.00. The zero-order valence-corrected chi connectivity index (χ0v) is 12.3. The summed E-state index contributed by atoms with van der Waals surface area (Å²) in [4.78, 5) is 29.0. The highest BCUT2D eigenvalue weighted by atomic mass is 16.7. The SMILES string of the molecule is CC(=O)ON(C(=O)c1ccccc1)c1ccc(C)cc1C. The van der Waals surface area contributed by atoms with Gasteiger partial charge in [0.2, 0.25) is 0 Å². The van der Waals surface area contributed by atoms with E-state index in [2.05, 4.69) is 0 Å². The average molecular weight is 283 g/mol. The Kier molecular flexibility index (Phi) is 4.38. The topological polar surface area (TPSA) is 46.6 Å². The van der Waals surface area contributed by atoms with Gasteiger partial charge in [-0.3, -0.25) is 4.79 Å². The molecule has 2 aromatic carbocycles. The van der Waals surface area contributed by atoms with Gasteiger partial charge in [-0.1, -0.05) is 35.9 Å². The first-order valence-electron chi connectivity index (χ1n) is 6.64. The molecule has 1 amide bonds. The van der Waals surface area contributed by atoms with Crippen LogP contribution >= 0.6 is 0 Å². The highest BCUT2D eigenvalue weighted by molar-refractivity contribution is 6.05. The number of nitrogens with zero attached hydrogens (tertiary/aromatic N) is 1. The molecule has 2 aromatic rings. The average Bonchev–Trinajstić information content (AvgIpc) is 2.45. The highest BCUT2D eigenvalue weighted by Crippen LogP contribution is 2.23. The number of rotatable bonds is 2. The summed E-state index contributed by atoms with van der Waals surface area (Å²) in [5.41, 5.74) is 2.95. The zero-order valence-electron chi connectivity index (χ0n) is 12.3. The van der Waals surface area contributed by atoms with Crippen LogP contribution in [0.1, 0.15) is 28.4 Å².